The van der Waals surface area contributed by atoms with Gasteiger partial charge in [-0.15, -0.1) is 11.3 Å². The van der Waals surface area contributed by atoms with E-state index in [9.17, 15) is 9.90 Å². The summed E-state index contributed by atoms with van der Waals surface area (Å²) in [7, 11) is 0. The van der Waals surface area contributed by atoms with Gasteiger partial charge < -0.3 is 5.11 Å². The van der Waals surface area contributed by atoms with Crippen molar-refractivity contribution in [2.75, 3.05) is 0 Å². The lowest BCUT2D eigenvalue weighted by atomic mass is 10.2. The molecule has 0 saturated heterocycles. The van der Waals surface area contributed by atoms with Crippen LogP contribution in [0.2, 0.25) is 0 Å². The van der Waals surface area contributed by atoms with Crippen LogP contribution in [0.15, 0.2) is 12.7 Å². The molecule has 0 saturated carbocycles. The molecule has 1 rings (SSSR count). The van der Waals surface area contributed by atoms with Gasteiger partial charge in [0.15, 0.2) is 5.78 Å². The van der Waals surface area contributed by atoms with E-state index in [1.807, 2.05) is 19.1 Å². The lowest BCUT2D eigenvalue weighted by Crippen LogP contribution is -1.86. The number of carbonyl (C=O) groups is 1. The van der Waals surface area contributed by atoms with Crippen molar-refractivity contribution in [3.8, 4) is 5.75 Å². The highest BCUT2D eigenvalue weighted by atomic mass is 32.1. The van der Waals surface area contributed by atoms with Gasteiger partial charge in [-0.1, -0.05) is 18.7 Å². The van der Waals surface area contributed by atoms with Crippen LogP contribution in [0.25, 0.3) is 12.2 Å². The van der Waals surface area contributed by atoms with Crippen LogP contribution >= 0.6 is 11.3 Å². The van der Waals surface area contributed by atoms with E-state index in [1.165, 1.54) is 18.3 Å². The fraction of sp³-hybridized carbons (Fsp3) is 0.182. The van der Waals surface area contributed by atoms with Gasteiger partial charge in [-0.05, 0) is 13.0 Å². The molecular formula is C11H12O2S. The first kappa shape index (κ1) is 10.7. The normalized spacial score (nSPS) is 10.7. The van der Waals surface area contributed by atoms with E-state index in [4.69, 9.17) is 0 Å². The smallest absolute Gasteiger partial charge is 0.173 e. The van der Waals surface area contributed by atoms with Gasteiger partial charge in [0.1, 0.15) is 10.6 Å². The molecule has 0 aromatic carbocycles. The van der Waals surface area contributed by atoms with Crippen molar-refractivity contribution < 1.29 is 9.90 Å². The summed E-state index contributed by atoms with van der Waals surface area (Å²) in [4.78, 5) is 12.4. The zero-order valence-corrected chi connectivity index (χ0v) is 9.02. The molecule has 1 N–H and O–H groups in total. The Morgan fingerprint density at radius 1 is 1.57 bits per heavy atom. The molecule has 0 aliphatic rings. The molecule has 3 heteroatoms. The molecule has 0 spiro atoms. The van der Waals surface area contributed by atoms with Crippen LogP contribution in [-0.4, -0.2) is 10.9 Å². The number of carbonyl (C=O) groups excluding carboxylic acids is 1. The lowest BCUT2D eigenvalue weighted by Gasteiger charge is -1.92. The van der Waals surface area contributed by atoms with Gasteiger partial charge in [-0.25, -0.2) is 0 Å². The molecule has 0 atom stereocenters. The van der Waals surface area contributed by atoms with Crippen molar-refractivity contribution in [3.63, 3.8) is 0 Å². The number of ketones is 1. The SMILES string of the molecule is C=Cc1c(/C=C\C)sc(C(C)=O)c1O. The van der Waals surface area contributed by atoms with Gasteiger partial charge in [-0.3, -0.25) is 4.79 Å². The predicted molar refractivity (Wildman–Crippen MR) is 60.8 cm³/mol. The van der Waals surface area contributed by atoms with Crippen molar-refractivity contribution >= 4 is 29.3 Å². The Hall–Kier alpha value is -1.35. The largest absolute Gasteiger partial charge is 0.506 e. The molecule has 74 valence electrons. The van der Waals surface area contributed by atoms with Crippen molar-refractivity contribution in [2.45, 2.75) is 13.8 Å². The Morgan fingerprint density at radius 2 is 2.21 bits per heavy atom. The van der Waals surface area contributed by atoms with Crippen LogP contribution in [0.4, 0.5) is 0 Å². The highest BCUT2D eigenvalue weighted by Gasteiger charge is 2.16. The molecule has 14 heavy (non-hydrogen) atoms. The Bertz CT molecular complexity index is 400. The second kappa shape index (κ2) is 4.24. The number of Topliss-reactive ketones (excluding diaryl/α,β-unsaturated/α-hetero) is 1. The molecule has 0 aliphatic carbocycles. The highest BCUT2D eigenvalue weighted by Crippen LogP contribution is 2.36. The summed E-state index contributed by atoms with van der Waals surface area (Å²) in [5.41, 5.74) is 0.637. The maximum absolute atomic E-state index is 11.1. The maximum atomic E-state index is 11.1. The van der Waals surface area contributed by atoms with E-state index in [1.54, 1.807) is 6.08 Å². The summed E-state index contributed by atoms with van der Waals surface area (Å²) in [6.07, 6.45) is 5.28. The molecular weight excluding hydrogens is 196 g/mol. The van der Waals surface area contributed by atoms with E-state index in [-0.39, 0.29) is 11.5 Å². The summed E-state index contributed by atoms with van der Waals surface area (Å²) in [6.45, 7) is 6.94. The molecule has 1 aromatic rings. The first-order valence-corrected chi connectivity index (χ1v) is 5.05. The Kier molecular flexibility index (Phi) is 3.25. The lowest BCUT2D eigenvalue weighted by molar-refractivity contribution is 0.101. The number of hydrogen-bond donors (Lipinski definition) is 1. The Balaban J connectivity index is 3.38. The molecule has 0 aliphatic heterocycles. The first-order chi connectivity index (χ1) is 6.61. The molecule has 0 bridgehead atoms. The van der Waals surface area contributed by atoms with Crippen LogP contribution in [0.1, 0.15) is 34.0 Å². The van der Waals surface area contributed by atoms with E-state index in [0.29, 0.717) is 10.4 Å². The second-order valence-electron chi connectivity index (χ2n) is 2.82. The molecule has 0 amide bonds. The zero-order valence-electron chi connectivity index (χ0n) is 8.20. The average molecular weight is 208 g/mol. The van der Waals surface area contributed by atoms with Crippen molar-refractivity contribution in [2.24, 2.45) is 0 Å². The molecule has 0 radical (unpaired) electrons. The van der Waals surface area contributed by atoms with E-state index >= 15 is 0 Å². The molecule has 0 unspecified atom stereocenters. The maximum Gasteiger partial charge on any atom is 0.173 e. The fourth-order valence-corrected chi connectivity index (χ4v) is 2.23. The van der Waals surface area contributed by atoms with E-state index in [0.717, 1.165) is 4.88 Å². The third-order valence-electron chi connectivity index (χ3n) is 1.79. The van der Waals surface area contributed by atoms with E-state index in [2.05, 4.69) is 6.58 Å². The first-order valence-electron chi connectivity index (χ1n) is 4.23. The highest BCUT2D eigenvalue weighted by molar-refractivity contribution is 7.15. The van der Waals surface area contributed by atoms with Gasteiger partial charge in [0, 0.05) is 17.4 Å². The third kappa shape index (κ3) is 1.77. The molecule has 1 aromatic heterocycles. The van der Waals surface area contributed by atoms with Crippen LogP contribution in [0.5, 0.6) is 5.75 Å². The van der Waals surface area contributed by atoms with Crippen molar-refractivity contribution in [1.29, 1.82) is 0 Å². The Morgan fingerprint density at radius 3 is 2.64 bits per heavy atom. The Labute approximate surface area is 87.2 Å². The summed E-state index contributed by atoms with van der Waals surface area (Å²) >= 11 is 1.29. The molecule has 1 heterocycles. The minimum atomic E-state index is -0.119. The number of thiophene rings is 1. The van der Waals surface area contributed by atoms with Gasteiger partial charge >= 0.3 is 0 Å². The topological polar surface area (TPSA) is 37.3 Å². The van der Waals surface area contributed by atoms with Crippen LogP contribution in [-0.2, 0) is 0 Å². The van der Waals surface area contributed by atoms with E-state index < -0.39 is 0 Å². The average Bonchev–Trinajstić information content (AvgIpc) is 2.43. The summed E-state index contributed by atoms with van der Waals surface area (Å²) < 4.78 is 0. The van der Waals surface area contributed by atoms with Gasteiger partial charge in [0.2, 0.25) is 0 Å². The molecule has 2 nitrogen and oxygen atoms in total. The summed E-state index contributed by atoms with van der Waals surface area (Å²) in [6, 6.07) is 0. The van der Waals surface area contributed by atoms with Crippen LogP contribution in [0.3, 0.4) is 0 Å². The summed E-state index contributed by atoms with van der Waals surface area (Å²) in [5, 5.41) is 9.69. The standard InChI is InChI=1S/C11H12O2S/c1-4-6-9-8(5-2)10(13)11(14-9)7(3)12/h4-6,13H,2H2,1,3H3/b6-4-. The number of allylic oxidation sites excluding steroid dienone is 1. The summed E-state index contributed by atoms with van der Waals surface area (Å²) in [5.74, 6) is -0.0723. The number of hydrogen-bond acceptors (Lipinski definition) is 3. The monoisotopic (exact) mass is 208 g/mol. The minimum absolute atomic E-state index is 0.0469. The third-order valence-corrected chi connectivity index (χ3v) is 3.05. The molecule has 0 fully saturated rings. The minimum Gasteiger partial charge on any atom is -0.506 e. The number of aromatic hydroxyl groups is 1. The predicted octanol–water partition coefficient (Wildman–Crippen LogP) is 3.33. The van der Waals surface area contributed by atoms with Crippen LogP contribution < -0.4 is 0 Å². The van der Waals surface area contributed by atoms with Crippen LogP contribution in [0, 0.1) is 0 Å². The van der Waals surface area contributed by atoms with Gasteiger partial charge in [0.05, 0.1) is 0 Å². The van der Waals surface area contributed by atoms with Gasteiger partial charge in [-0.2, -0.15) is 0 Å². The quantitative estimate of drug-likeness (QED) is 0.773. The van der Waals surface area contributed by atoms with Gasteiger partial charge in [0.25, 0.3) is 0 Å². The zero-order chi connectivity index (χ0) is 10.7. The second-order valence-corrected chi connectivity index (χ2v) is 3.87. The fourth-order valence-electron chi connectivity index (χ4n) is 1.16. The van der Waals surface area contributed by atoms with Crippen molar-refractivity contribution in [1.82, 2.24) is 0 Å². The van der Waals surface area contributed by atoms with Crippen molar-refractivity contribution in [3.05, 3.63) is 28.0 Å². The number of rotatable bonds is 3.